The van der Waals surface area contributed by atoms with E-state index in [1.165, 1.54) is 7.05 Å². The Kier molecular flexibility index (Phi) is 5.20. The minimum Gasteiger partial charge on any atom is -0.426 e. The third-order valence-corrected chi connectivity index (χ3v) is 4.93. The molecule has 1 heterocycles. The molecule has 0 aliphatic heterocycles. The average molecular weight is 422 g/mol. The maximum Gasteiger partial charge on any atom is 0.257 e. The summed E-state index contributed by atoms with van der Waals surface area (Å²) >= 11 is 5.86. The lowest BCUT2D eigenvalue weighted by molar-refractivity contribution is -0.428. The second kappa shape index (κ2) is 7.96. The number of rotatable bonds is 5. The lowest BCUT2D eigenvalue weighted by atomic mass is 10.1. The number of carbonyl (C=O) groups is 1. The van der Waals surface area contributed by atoms with E-state index in [0.717, 1.165) is 10.3 Å². The van der Waals surface area contributed by atoms with Gasteiger partial charge in [0.15, 0.2) is 12.9 Å². The first kappa shape index (κ1) is 19.6. The van der Waals surface area contributed by atoms with Gasteiger partial charge in [-0.25, -0.2) is 4.98 Å². The number of nitrogens with zero attached hydrogens (tertiary/aromatic N) is 3. The van der Waals surface area contributed by atoms with Gasteiger partial charge in [-0.2, -0.15) is 4.73 Å². The highest BCUT2D eigenvalue weighted by Crippen LogP contribution is 2.27. The van der Waals surface area contributed by atoms with E-state index in [2.05, 4.69) is 10.3 Å². The molecule has 0 radical (unpaired) electrons. The van der Waals surface area contributed by atoms with Gasteiger partial charge in [0.25, 0.3) is 5.69 Å². The highest BCUT2D eigenvalue weighted by Gasteiger charge is 2.16. The van der Waals surface area contributed by atoms with E-state index in [1.54, 1.807) is 54.6 Å². The zero-order chi connectivity index (χ0) is 21.3. The summed E-state index contributed by atoms with van der Waals surface area (Å²) in [5.74, 6) is 0.198. The number of nitroso groups, excluding NO2 is 1. The van der Waals surface area contributed by atoms with Crippen molar-refractivity contribution in [1.29, 1.82) is 0 Å². The average Bonchev–Trinajstić information content (AvgIpc) is 3.06. The number of amides is 1. The topological polar surface area (TPSA) is 87.2 Å². The summed E-state index contributed by atoms with van der Waals surface area (Å²) in [5, 5.41) is 14.0. The van der Waals surface area contributed by atoms with Crippen molar-refractivity contribution in [3.8, 4) is 11.4 Å². The molecule has 0 aliphatic rings. The zero-order valence-corrected chi connectivity index (χ0v) is 16.8. The van der Waals surface area contributed by atoms with Crippen molar-refractivity contribution in [2.75, 3.05) is 12.4 Å². The van der Waals surface area contributed by atoms with Crippen LogP contribution in [0.1, 0.15) is 5.56 Å². The van der Waals surface area contributed by atoms with Crippen LogP contribution in [-0.2, 0) is 11.2 Å². The minimum atomic E-state index is -0.145. The predicted octanol–water partition coefficient (Wildman–Crippen LogP) is 4.82. The van der Waals surface area contributed by atoms with Crippen LogP contribution in [0.2, 0.25) is 5.02 Å². The summed E-state index contributed by atoms with van der Waals surface area (Å²) < 4.78 is 1.67. The fraction of sp³-hybridized carbons (Fsp3) is 0.0909. The van der Waals surface area contributed by atoms with Crippen molar-refractivity contribution >= 4 is 39.9 Å². The van der Waals surface area contributed by atoms with Gasteiger partial charge in [-0.05, 0) is 48.0 Å². The Morgan fingerprint density at radius 1 is 1.10 bits per heavy atom. The third-order valence-electron chi connectivity index (χ3n) is 4.68. The molecule has 4 rings (SSSR count). The number of hydrogen-bond donors (Lipinski definition) is 2. The number of benzene rings is 3. The first-order valence-corrected chi connectivity index (χ1v) is 9.56. The maximum atomic E-state index is 12.3. The number of halogens is 1. The number of anilines is 1. The van der Waals surface area contributed by atoms with Crippen LogP contribution in [-0.4, -0.2) is 32.6 Å². The smallest absolute Gasteiger partial charge is 0.257 e. The predicted molar refractivity (Wildman–Crippen MR) is 115 cm³/mol. The van der Waals surface area contributed by atoms with Crippen LogP contribution >= 0.6 is 11.6 Å². The molecule has 7 nitrogen and oxygen atoms in total. The van der Waals surface area contributed by atoms with Crippen LogP contribution in [0.5, 0.6) is 0 Å². The summed E-state index contributed by atoms with van der Waals surface area (Å²) in [6.45, 7) is 0. The number of carbonyl (C=O) groups excluding carboxylic acids is 1. The van der Waals surface area contributed by atoms with Crippen LogP contribution in [0.25, 0.3) is 22.4 Å². The van der Waals surface area contributed by atoms with Gasteiger partial charge < -0.3 is 10.5 Å². The molecule has 0 unspecified atom stereocenters. The Balaban J connectivity index is 1.52. The third kappa shape index (κ3) is 4.01. The van der Waals surface area contributed by atoms with Crippen LogP contribution in [0, 0.1) is 4.91 Å². The molecule has 30 heavy (non-hydrogen) atoms. The SMILES string of the molecule is C[N+](=O)c1ccc2nc(-c3ccc(NC(=O)Cc4ccc(Cl)cc4)cc3)n(O)c2c1. The van der Waals surface area contributed by atoms with Gasteiger partial charge in [-0.1, -0.05) is 23.7 Å². The molecular weight excluding hydrogens is 404 g/mol. The van der Waals surface area contributed by atoms with Crippen LogP contribution in [0.15, 0.2) is 66.7 Å². The first-order chi connectivity index (χ1) is 14.4. The number of hydrogen-bond acceptors (Lipinski definition) is 4. The fourth-order valence-corrected chi connectivity index (χ4v) is 3.26. The minimum absolute atomic E-state index is 0.145. The molecule has 0 saturated carbocycles. The first-order valence-electron chi connectivity index (χ1n) is 9.18. The number of nitrogens with one attached hydrogen (secondary N) is 1. The monoisotopic (exact) mass is 421 g/mol. The Labute approximate surface area is 177 Å². The molecule has 0 saturated heterocycles. The molecule has 150 valence electrons. The van der Waals surface area contributed by atoms with Gasteiger partial charge in [-0.3, -0.25) is 4.79 Å². The van der Waals surface area contributed by atoms with Crippen LogP contribution < -0.4 is 5.32 Å². The van der Waals surface area contributed by atoms with E-state index < -0.39 is 0 Å². The standard InChI is InChI=1S/C22H17ClN4O3/c1-26(29)18-10-11-19-20(13-18)27(30)22(25-19)15-4-8-17(9-5-15)24-21(28)12-14-2-6-16(23)7-3-14/h2-11,13H,12H2,1H3,(H-,24,25,28,29,30)/p+1. The Morgan fingerprint density at radius 3 is 2.47 bits per heavy atom. The fourth-order valence-electron chi connectivity index (χ4n) is 3.13. The van der Waals surface area contributed by atoms with Crippen molar-refractivity contribution in [3.05, 3.63) is 82.2 Å². The molecule has 1 aromatic heterocycles. The lowest BCUT2D eigenvalue weighted by Gasteiger charge is -2.07. The van der Waals surface area contributed by atoms with E-state index >= 15 is 0 Å². The summed E-state index contributed by atoms with van der Waals surface area (Å²) in [6.07, 6.45) is 0.238. The molecule has 4 aromatic rings. The van der Waals surface area contributed by atoms with Gasteiger partial charge in [0.2, 0.25) is 5.91 Å². The summed E-state index contributed by atoms with van der Waals surface area (Å²) in [6, 6.07) is 19.0. The van der Waals surface area contributed by atoms with E-state index in [-0.39, 0.29) is 12.3 Å². The van der Waals surface area contributed by atoms with Crippen LogP contribution in [0.4, 0.5) is 11.4 Å². The Morgan fingerprint density at radius 2 is 1.80 bits per heavy atom. The van der Waals surface area contributed by atoms with Gasteiger partial charge in [0.05, 0.1) is 11.9 Å². The van der Waals surface area contributed by atoms with Crippen LogP contribution in [0.3, 0.4) is 0 Å². The van der Waals surface area contributed by atoms with Crippen molar-refractivity contribution in [2.45, 2.75) is 6.42 Å². The second-order valence-corrected chi connectivity index (χ2v) is 7.28. The molecule has 1 amide bonds. The van der Waals surface area contributed by atoms with Crippen molar-refractivity contribution < 1.29 is 14.8 Å². The van der Waals surface area contributed by atoms with Gasteiger partial charge in [0.1, 0.15) is 5.52 Å². The Hall–Kier alpha value is -3.71. The summed E-state index contributed by atoms with van der Waals surface area (Å²) in [7, 11) is 1.39. The molecule has 0 aliphatic carbocycles. The van der Waals surface area contributed by atoms with Gasteiger partial charge >= 0.3 is 0 Å². The molecule has 0 bridgehead atoms. The number of imidazole rings is 1. The summed E-state index contributed by atoms with van der Waals surface area (Å²) in [5.41, 5.74) is 3.59. The second-order valence-electron chi connectivity index (χ2n) is 6.85. The van der Waals surface area contributed by atoms with Gasteiger partial charge in [-0.15, -0.1) is 0 Å². The highest BCUT2D eigenvalue weighted by molar-refractivity contribution is 6.30. The van der Waals surface area contributed by atoms with E-state index in [1.807, 2.05) is 12.1 Å². The van der Waals surface area contributed by atoms with E-state index in [9.17, 15) is 14.9 Å². The quantitative estimate of drug-likeness (QED) is 0.357. The molecule has 2 N–H and O–H groups in total. The zero-order valence-electron chi connectivity index (χ0n) is 16.0. The maximum absolute atomic E-state index is 12.3. The molecule has 0 spiro atoms. The largest absolute Gasteiger partial charge is 0.426 e. The van der Waals surface area contributed by atoms with E-state index in [0.29, 0.717) is 43.6 Å². The lowest BCUT2D eigenvalue weighted by Crippen LogP contribution is -2.14. The molecule has 0 fully saturated rings. The number of aromatic nitrogens is 2. The van der Waals surface area contributed by atoms with Crippen molar-refractivity contribution in [2.24, 2.45) is 0 Å². The molecule has 8 heteroatoms. The van der Waals surface area contributed by atoms with Gasteiger partial charge in [0, 0.05) is 38.1 Å². The Bertz CT molecular complexity index is 1250. The summed E-state index contributed by atoms with van der Waals surface area (Å²) in [4.78, 5) is 28.2. The molecule has 3 aromatic carbocycles. The molecule has 0 atom stereocenters. The molecular formula is C22H18ClN4O3+. The normalized spacial score (nSPS) is 10.9. The van der Waals surface area contributed by atoms with E-state index in [4.69, 9.17) is 11.6 Å². The van der Waals surface area contributed by atoms with Crippen molar-refractivity contribution in [1.82, 2.24) is 9.71 Å². The van der Waals surface area contributed by atoms with Crippen molar-refractivity contribution in [3.63, 3.8) is 0 Å². The highest BCUT2D eigenvalue weighted by atomic mass is 35.5. The number of fused-ring (bicyclic) bond motifs is 1.